The fourth-order valence-electron chi connectivity index (χ4n) is 3.49. The van der Waals surface area contributed by atoms with Crippen molar-refractivity contribution in [2.24, 2.45) is 9.98 Å². The molecule has 31 heavy (non-hydrogen) atoms. The largest absolute Gasteiger partial charge is 0.373 e. The van der Waals surface area contributed by atoms with Crippen LogP contribution in [0.15, 0.2) is 83.1 Å². The fraction of sp³-hybridized carbons (Fsp3) is 0.407. The molecular formula is C27H40N4. The molecule has 1 unspecified atom stereocenters. The third-order valence-corrected chi connectivity index (χ3v) is 5.34. The van der Waals surface area contributed by atoms with Crippen LogP contribution >= 0.6 is 0 Å². The molecule has 0 aromatic heterocycles. The quantitative estimate of drug-likeness (QED) is 0.280. The van der Waals surface area contributed by atoms with Crippen molar-refractivity contribution in [3.05, 3.63) is 84.2 Å². The first-order chi connectivity index (χ1) is 15.0. The van der Waals surface area contributed by atoms with Crippen molar-refractivity contribution in [1.82, 2.24) is 10.2 Å². The summed E-state index contributed by atoms with van der Waals surface area (Å²) in [5.41, 5.74) is 4.43. The van der Waals surface area contributed by atoms with E-state index in [0.29, 0.717) is 18.8 Å². The maximum atomic E-state index is 4.77. The second kappa shape index (κ2) is 15.1. The summed E-state index contributed by atoms with van der Waals surface area (Å²) in [4.78, 5) is 10.9. The van der Waals surface area contributed by atoms with Gasteiger partial charge in [-0.15, -0.1) is 0 Å². The Kier molecular flexibility index (Phi) is 12.8. The number of nitrogens with one attached hydrogen (secondary N) is 1. The van der Waals surface area contributed by atoms with Gasteiger partial charge in [0, 0.05) is 24.9 Å². The van der Waals surface area contributed by atoms with E-state index in [1.54, 1.807) is 12.3 Å². The first kappa shape index (κ1) is 26.3. The van der Waals surface area contributed by atoms with E-state index in [1.165, 1.54) is 11.1 Å². The van der Waals surface area contributed by atoms with Crippen molar-refractivity contribution >= 4 is 12.4 Å². The molecule has 0 amide bonds. The molecule has 1 rings (SSSR count). The van der Waals surface area contributed by atoms with Gasteiger partial charge in [0.05, 0.1) is 18.4 Å². The Morgan fingerprint density at radius 3 is 2.48 bits per heavy atom. The molecule has 1 atom stereocenters. The Bertz CT molecular complexity index is 797. The first-order valence-electron chi connectivity index (χ1n) is 11.2. The van der Waals surface area contributed by atoms with Gasteiger partial charge in [-0.25, -0.2) is 0 Å². The lowest BCUT2D eigenvalue weighted by atomic mass is 10.0. The third kappa shape index (κ3) is 9.31. The van der Waals surface area contributed by atoms with Gasteiger partial charge in [0.1, 0.15) is 0 Å². The Labute approximate surface area is 189 Å². The van der Waals surface area contributed by atoms with Gasteiger partial charge in [-0.05, 0) is 56.8 Å². The summed E-state index contributed by atoms with van der Waals surface area (Å²) in [6.07, 6.45) is 14.7. The van der Waals surface area contributed by atoms with Crippen LogP contribution in [0.4, 0.5) is 0 Å². The summed E-state index contributed by atoms with van der Waals surface area (Å²) in [7, 11) is 2.12. The Balaban J connectivity index is 3.10. The zero-order chi connectivity index (χ0) is 23.1. The van der Waals surface area contributed by atoms with Crippen LogP contribution in [0, 0.1) is 6.92 Å². The van der Waals surface area contributed by atoms with Crippen molar-refractivity contribution < 1.29 is 0 Å². The predicted octanol–water partition coefficient (Wildman–Crippen LogP) is 6.40. The molecule has 0 saturated heterocycles. The minimum Gasteiger partial charge on any atom is -0.373 e. The minimum atomic E-state index is 0.309. The van der Waals surface area contributed by atoms with Crippen LogP contribution in [0.1, 0.15) is 57.2 Å². The van der Waals surface area contributed by atoms with Crippen molar-refractivity contribution in [2.45, 2.75) is 59.0 Å². The van der Waals surface area contributed by atoms with Crippen molar-refractivity contribution in [2.75, 3.05) is 13.7 Å². The van der Waals surface area contributed by atoms with Crippen molar-refractivity contribution in [3.8, 4) is 0 Å². The molecule has 0 bridgehead atoms. The Hall–Kier alpha value is -2.72. The van der Waals surface area contributed by atoms with Gasteiger partial charge in [0.2, 0.25) is 0 Å². The van der Waals surface area contributed by atoms with Crippen LogP contribution < -0.4 is 5.32 Å². The molecule has 0 spiro atoms. The molecule has 1 aromatic rings. The molecule has 0 heterocycles. The van der Waals surface area contributed by atoms with Crippen LogP contribution in [0.5, 0.6) is 0 Å². The third-order valence-electron chi connectivity index (χ3n) is 5.34. The fourth-order valence-corrected chi connectivity index (χ4v) is 3.49. The molecular weight excluding hydrogens is 380 g/mol. The van der Waals surface area contributed by atoms with E-state index in [-0.39, 0.29) is 0 Å². The van der Waals surface area contributed by atoms with Gasteiger partial charge in [0.15, 0.2) is 0 Å². The lowest BCUT2D eigenvalue weighted by molar-refractivity contribution is 0.328. The van der Waals surface area contributed by atoms with Crippen LogP contribution in [0.2, 0.25) is 0 Å². The zero-order valence-electron chi connectivity index (χ0n) is 20.0. The summed E-state index contributed by atoms with van der Waals surface area (Å²) < 4.78 is 0. The average Bonchev–Trinajstić information content (AvgIpc) is 2.77. The van der Waals surface area contributed by atoms with E-state index in [1.807, 2.05) is 12.2 Å². The average molecular weight is 421 g/mol. The summed E-state index contributed by atoms with van der Waals surface area (Å²) in [6, 6.07) is 9.49. The molecule has 0 radical (unpaired) electrons. The highest BCUT2D eigenvalue weighted by Gasteiger charge is 2.12. The number of allylic oxidation sites excluding steroid dienone is 5. The molecule has 1 aromatic carbocycles. The minimum absolute atomic E-state index is 0.309. The maximum absolute atomic E-state index is 4.77. The van der Waals surface area contributed by atoms with E-state index < -0.39 is 0 Å². The number of hydrogen-bond donors (Lipinski definition) is 1. The van der Waals surface area contributed by atoms with E-state index in [9.17, 15) is 0 Å². The number of hydrogen-bond acceptors (Lipinski definition) is 4. The Morgan fingerprint density at radius 1 is 1.16 bits per heavy atom. The lowest BCUT2D eigenvalue weighted by Gasteiger charge is -2.26. The van der Waals surface area contributed by atoms with Gasteiger partial charge in [0.25, 0.3) is 0 Å². The molecule has 4 nitrogen and oxygen atoms in total. The summed E-state index contributed by atoms with van der Waals surface area (Å²) >= 11 is 0. The smallest absolute Gasteiger partial charge is 0.0894 e. The van der Waals surface area contributed by atoms with Crippen molar-refractivity contribution in [1.29, 1.82) is 0 Å². The Morgan fingerprint density at radius 2 is 1.90 bits per heavy atom. The van der Waals surface area contributed by atoms with E-state index >= 15 is 0 Å². The van der Waals surface area contributed by atoms with E-state index in [4.69, 9.17) is 4.99 Å². The molecule has 0 fully saturated rings. The number of benzene rings is 1. The van der Waals surface area contributed by atoms with E-state index in [2.05, 4.69) is 99.8 Å². The monoisotopic (exact) mass is 420 g/mol. The standard InChI is InChI=1S/C27H40N4/c1-8-13-23(26(16-18-28-6)30-21-29-25(9-2)10-3)17-19-31(7)27(11-4)24-15-12-14-22(5)20-24/h8,12-20,25,27,29H,1,6,9-11,21H2,2-5,7H3/b18-16-,19-17-,23-13+,30-26+. The first-order valence-corrected chi connectivity index (χ1v) is 11.2. The van der Waals surface area contributed by atoms with Gasteiger partial charge in [-0.1, -0.05) is 69.3 Å². The van der Waals surface area contributed by atoms with Crippen molar-refractivity contribution in [3.63, 3.8) is 0 Å². The van der Waals surface area contributed by atoms with Gasteiger partial charge in [-0.2, -0.15) is 0 Å². The summed E-state index contributed by atoms with van der Waals surface area (Å²) in [6.45, 7) is 16.7. The number of aliphatic imine (C=N–C) groups is 2. The maximum Gasteiger partial charge on any atom is 0.0894 e. The highest BCUT2D eigenvalue weighted by molar-refractivity contribution is 6.10. The SMILES string of the molecule is C=C/C=C(\C=C/N(C)C(CC)c1cccc(C)c1)C(/C=C\N=C)=N/CNC(CC)CC. The second-order valence-electron chi connectivity index (χ2n) is 7.59. The van der Waals surface area contributed by atoms with Crippen LogP contribution in [0.3, 0.4) is 0 Å². The van der Waals surface area contributed by atoms with Gasteiger partial charge < -0.3 is 4.90 Å². The van der Waals surface area contributed by atoms with Crippen LogP contribution in [-0.4, -0.2) is 37.1 Å². The van der Waals surface area contributed by atoms with Gasteiger partial charge in [-0.3, -0.25) is 15.3 Å². The molecule has 0 aliphatic rings. The highest BCUT2D eigenvalue weighted by Crippen LogP contribution is 2.24. The topological polar surface area (TPSA) is 40.0 Å². The second-order valence-corrected chi connectivity index (χ2v) is 7.59. The molecule has 168 valence electrons. The zero-order valence-corrected chi connectivity index (χ0v) is 20.0. The molecule has 1 N–H and O–H groups in total. The lowest BCUT2D eigenvalue weighted by Crippen LogP contribution is -2.28. The molecule has 4 heteroatoms. The number of nitrogens with zero attached hydrogens (tertiary/aromatic N) is 3. The normalized spacial score (nSPS) is 13.9. The summed E-state index contributed by atoms with van der Waals surface area (Å²) in [5, 5.41) is 3.49. The number of aryl methyl sites for hydroxylation is 1. The highest BCUT2D eigenvalue weighted by atomic mass is 15.1. The predicted molar refractivity (Wildman–Crippen MR) is 138 cm³/mol. The molecule has 0 aliphatic carbocycles. The van der Waals surface area contributed by atoms with Crippen LogP contribution in [0.25, 0.3) is 0 Å². The number of rotatable bonds is 14. The summed E-state index contributed by atoms with van der Waals surface area (Å²) in [5.74, 6) is 0. The van der Waals surface area contributed by atoms with Gasteiger partial charge >= 0.3 is 0 Å². The van der Waals surface area contributed by atoms with E-state index in [0.717, 1.165) is 30.5 Å². The van der Waals surface area contributed by atoms with Crippen LogP contribution in [-0.2, 0) is 0 Å². The molecule has 0 aliphatic heterocycles. The molecule has 0 saturated carbocycles.